The van der Waals surface area contributed by atoms with Gasteiger partial charge >= 0.3 is 12.0 Å². The van der Waals surface area contributed by atoms with Gasteiger partial charge in [0.05, 0.1) is 0 Å². The minimum absolute atomic E-state index is 0.0339. The summed E-state index contributed by atoms with van der Waals surface area (Å²) in [7, 11) is 0. The monoisotopic (exact) mass is 291 g/mol. The first-order valence-electron chi connectivity index (χ1n) is 5.86. The van der Waals surface area contributed by atoms with Crippen LogP contribution >= 0.6 is 11.3 Å². The van der Waals surface area contributed by atoms with E-state index in [1.807, 2.05) is 30.3 Å². The fraction of sp³-hybridized carbons (Fsp3) is 0.154. The van der Waals surface area contributed by atoms with Crippen molar-refractivity contribution in [3.63, 3.8) is 0 Å². The highest BCUT2D eigenvalue weighted by Gasteiger charge is 2.15. The van der Waals surface area contributed by atoms with E-state index in [0.29, 0.717) is 11.4 Å². The number of carbonyl (C=O) groups is 2. The predicted octanol–water partition coefficient (Wildman–Crippen LogP) is 2.47. The van der Waals surface area contributed by atoms with Gasteiger partial charge in [-0.3, -0.25) is 5.32 Å². The van der Waals surface area contributed by atoms with Crippen LogP contribution in [-0.4, -0.2) is 22.1 Å². The lowest BCUT2D eigenvalue weighted by molar-refractivity contribution is 0.0690. The Morgan fingerprint density at radius 1 is 1.30 bits per heavy atom. The molecule has 104 valence electrons. The van der Waals surface area contributed by atoms with Crippen molar-refractivity contribution in [2.75, 3.05) is 5.32 Å². The number of thiazole rings is 1. The molecule has 1 aromatic heterocycles. The van der Waals surface area contributed by atoms with E-state index in [2.05, 4.69) is 15.6 Å². The lowest BCUT2D eigenvalue weighted by Crippen LogP contribution is -2.28. The third kappa shape index (κ3) is 3.55. The van der Waals surface area contributed by atoms with Gasteiger partial charge < -0.3 is 10.4 Å². The van der Waals surface area contributed by atoms with Crippen LogP contribution in [0.3, 0.4) is 0 Å². The molecule has 3 N–H and O–H groups in total. The van der Waals surface area contributed by atoms with E-state index < -0.39 is 12.0 Å². The molecule has 6 nitrogen and oxygen atoms in total. The molecule has 7 heteroatoms. The summed E-state index contributed by atoms with van der Waals surface area (Å²) in [6.45, 7) is 2.04. The molecule has 0 aliphatic carbocycles. The average Bonchev–Trinajstić information content (AvgIpc) is 2.78. The van der Waals surface area contributed by atoms with Crippen molar-refractivity contribution in [3.8, 4) is 0 Å². The Bertz CT molecular complexity index is 625. The van der Waals surface area contributed by atoms with Gasteiger partial charge in [-0.1, -0.05) is 30.3 Å². The van der Waals surface area contributed by atoms with Crippen LogP contribution < -0.4 is 10.6 Å². The lowest BCUT2D eigenvalue weighted by Gasteiger charge is -2.05. The van der Waals surface area contributed by atoms with Gasteiger partial charge in [-0.15, -0.1) is 11.3 Å². The molecule has 2 aromatic rings. The fourth-order valence-electron chi connectivity index (χ4n) is 1.57. The maximum absolute atomic E-state index is 11.7. The standard InChI is InChI=1S/C13H13N3O3S/c1-8-10(11(17)18)15-13(20-8)16-12(19)14-7-9-5-3-2-4-6-9/h2-6H,7H2,1H3,(H,17,18)(H2,14,15,16,19). The number of nitrogens with zero attached hydrogens (tertiary/aromatic N) is 1. The summed E-state index contributed by atoms with van der Waals surface area (Å²) in [5.41, 5.74) is 0.942. The molecule has 20 heavy (non-hydrogen) atoms. The molecular weight excluding hydrogens is 278 g/mol. The van der Waals surface area contributed by atoms with E-state index >= 15 is 0 Å². The highest BCUT2D eigenvalue weighted by Crippen LogP contribution is 2.21. The van der Waals surface area contributed by atoms with Gasteiger partial charge in [0.25, 0.3) is 0 Å². The zero-order chi connectivity index (χ0) is 14.5. The number of carboxylic acids is 1. The average molecular weight is 291 g/mol. The molecule has 0 bridgehead atoms. The number of hydrogen-bond acceptors (Lipinski definition) is 4. The molecule has 0 fully saturated rings. The largest absolute Gasteiger partial charge is 0.476 e. The molecule has 2 amide bonds. The van der Waals surface area contributed by atoms with Gasteiger partial charge in [0, 0.05) is 11.4 Å². The second kappa shape index (κ2) is 6.16. The zero-order valence-electron chi connectivity index (χ0n) is 10.7. The van der Waals surface area contributed by atoms with Crippen molar-refractivity contribution in [2.24, 2.45) is 0 Å². The van der Waals surface area contributed by atoms with Crippen molar-refractivity contribution in [3.05, 3.63) is 46.5 Å². The van der Waals surface area contributed by atoms with E-state index in [0.717, 1.165) is 16.9 Å². The van der Waals surface area contributed by atoms with Gasteiger partial charge in [-0.05, 0) is 12.5 Å². The summed E-state index contributed by atoms with van der Waals surface area (Å²) in [4.78, 5) is 26.9. The molecule has 0 atom stereocenters. The van der Waals surface area contributed by atoms with E-state index in [4.69, 9.17) is 5.11 Å². The number of aromatic carboxylic acids is 1. The Labute approximate surface area is 119 Å². The number of amides is 2. The van der Waals surface area contributed by atoms with Gasteiger partial charge in [0.2, 0.25) is 0 Å². The number of aryl methyl sites for hydroxylation is 1. The summed E-state index contributed by atoms with van der Waals surface area (Å²) in [5.74, 6) is -1.10. The quantitative estimate of drug-likeness (QED) is 0.807. The molecule has 2 rings (SSSR count). The number of aromatic nitrogens is 1. The number of anilines is 1. The second-order valence-electron chi connectivity index (χ2n) is 4.02. The predicted molar refractivity (Wildman–Crippen MR) is 76.1 cm³/mol. The number of rotatable bonds is 4. The van der Waals surface area contributed by atoms with Crippen molar-refractivity contribution < 1.29 is 14.7 Å². The smallest absolute Gasteiger partial charge is 0.355 e. The molecule has 0 aliphatic heterocycles. The van der Waals surface area contributed by atoms with E-state index in [9.17, 15) is 9.59 Å². The normalized spacial score (nSPS) is 10.1. The molecule has 0 spiro atoms. The molecule has 0 aliphatic rings. The van der Waals surface area contributed by atoms with Crippen LogP contribution in [0.1, 0.15) is 20.9 Å². The number of hydrogen-bond donors (Lipinski definition) is 3. The second-order valence-corrected chi connectivity index (χ2v) is 5.23. The Morgan fingerprint density at radius 3 is 2.60 bits per heavy atom. The summed E-state index contributed by atoms with van der Waals surface area (Å²) in [6, 6.07) is 9.05. The SMILES string of the molecule is Cc1sc(NC(=O)NCc2ccccc2)nc1C(=O)O. The molecular formula is C13H13N3O3S. The topological polar surface area (TPSA) is 91.3 Å². The minimum Gasteiger partial charge on any atom is -0.476 e. The molecule has 0 unspecified atom stereocenters. The van der Waals surface area contributed by atoms with Crippen LogP contribution in [0.5, 0.6) is 0 Å². The lowest BCUT2D eigenvalue weighted by atomic mass is 10.2. The van der Waals surface area contributed by atoms with Crippen LogP contribution in [0.15, 0.2) is 30.3 Å². The van der Waals surface area contributed by atoms with E-state index in [1.54, 1.807) is 6.92 Å². The number of carboxylic acid groups (broad SMARTS) is 1. The van der Waals surface area contributed by atoms with Crippen molar-refractivity contribution in [1.29, 1.82) is 0 Å². The number of benzene rings is 1. The molecule has 1 aromatic carbocycles. The minimum atomic E-state index is -1.10. The van der Waals surface area contributed by atoms with Gasteiger partial charge in [0.1, 0.15) is 0 Å². The first-order valence-corrected chi connectivity index (χ1v) is 6.67. The Kier molecular flexibility index (Phi) is 4.31. The van der Waals surface area contributed by atoms with Crippen LogP contribution in [0.25, 0.3) is 0 Å². The summed E-state index contributed by atoms with van der Waals surface area (Å²) < 4.78 is 0. The van der Waals surface area contributed by atoms with Crippen LogP contribution in [-0.2, 0) is 6.54 Å². The molecule has 0 saturated heterocycles. The van der Waals surface area contributed by atoms with Crippen molar-refractivity contribution >= 4 is 28.5 Å². The van der Waals surface area contributed by atoms with Crippen LogP contribution in [0.4, 0.5) is 9.93 Å². The first kappa shape index (κ1) is 14.0. The van der Waals surface area contributed by atoms with Gasteiger partial charge in [-0.25, -0.2) is 14.6 Å². The number of carbonyl (C=O) groups excluding carboxylic acids is 1. The first-order chi connectivity index (χ1) is 9.56. The summed E-state index contributed by atoms with van der Waals surface area (Å²) >= 11 is 1.13. The molecule has 1 heterocycles. The van der Waals surface area contributed by atoms with E-state index in [1.165, 1.54) is 0 Å². The fourth-order valence-corrected chi connectivity index (χ4v) is 2.37. The maximum atomic E-state index is 11.7. The van der Waals surface area contributed by atoms with E-state index in [-0.39, 0.29) is 10.8 Å². The van der Waals surface area contributed by atoms with Gasteiger partial charge in [-0.2, -0.15) is 0 Å². The Morgan fingerprint density at radius 2 is 2.00 bits per heavy atom. The van der Waals surface area contributed by atoms with Crippen LogP contribution in [0.2, 0.25) is 0 Å². The number of nitrogens with one attached hydrogen (secondary N) is 2. The Balaban J connectivity index is 1.92. The molecule has 0 saturated carbocycles. The third-order valence-electron chi connectivity index (χ3n) is 2.52. The molecule has 0 radical (unpaired) electrons. The summed E-state index contributed by atoms with van der Waals surface area (Å²) in [6.07, 6.45) is 0. The third-order valence-corrected chi connectivity index (χ3v) is 3.40. The number of urea groups is 1. The van der Waals surface area contributed by atoms with Crippen molar-refractivity contribution in [1.82, 2.24) is 10.3 Å². The zero-order valence-corrected chi connectivity index (χ0v) is 11.5. The van der Waals surface area contributed by atoms with Crippen molar-refractivity contribution in [2.45, 2.75) is 13.5 Å². The van der Waals surface area contributed by atoms with Gasteiger partial charge in [0.15, 0.2) is 10.8 Å². The highest BCUT2D eigenvalue weighted by molar-refractivity contribution is 7.16. The highest BCUT2D eigenvalue weighted by atomic mass is 32.1. The van der Waals surface area contributed by atoms with Crippen LogP contribution in [0, 0.1) is 6.92 Å². The summed E-state index contributed by atoms with van der Waals surface area (Å²) in [5, 5.41) is 14.3. The Hall–Kier alpha value is -2.41. The maximum Gasteiger partial charge on any atom is 0.355 e.